The van der Waals surface area contributed by atoms with Gasteiger partial charge in [0.15, 0.2) is 11.5 Å². The smallest absolute Gasteiger partial charge is 0.254 e. The summed E-state index contributed by atoms with van der Waals surface area (Å²) in [4.78, 5) is 16.6. The van der Waals surface area contributed by atoms with Crippen LogP contribution in [0.1, 0.15) is 44.9 Å². The highest BCUT2D eigenvalue weighted by Crippen LogP contribution is 2.42. The summed E-state index contributed by atoms with van der Waals surface area (Å²) in [5, 5.41) is 2.06. The molecule has 4 rings (SSSR count). The third-order valence-corrected chi connectivity index (χ3v) is 6.48. The summed E-state index contributed by atoms with van der Waals surface area (Å²) in [5.41, 5.74) is 4.27. The minimum absolute atomic E-state index is 0.0616. The van der Waals surface area contributed by atoms with Gasteiger partial charge in [-0.2, -0.15) is 0 Å². The topological polar surface area (TPSA) is 38.8 Å². The molecule has 1 aromatic heterocycles. The molecular weight excluding hydrogens is 382 g/mol. The Kier molecular flexibility index (Phi) is 5.58. The highest BCUT2D eigenvalue weighted by Gasteiger charge is 2.34. The molecule has 0 radical (unpaired) electrons. The zero-order chi connectivity index (χ0) is 20.4. The van der Waals surface area contributed by atoms with Crippen LogP contribution in [0.5, 0.6) is 11.5 Å². The fraction of sp³-hybridized carbons (Fsp3) is 0.292. The maximum atomic E-state index is 13.5. The van der Waals surface area contributed by atoms with E-state index in [-0.39, 0.29) is 11.9 Å². The molecule has 150 valence electrons. The third kappa shape index (κ3) is 3.62. The van der Waals surface area contributed by atoms with E-state index in [4.69, 9.17) is 9.47 Å². The van der Waals surface area contributed by atoms with E-state index in [2.05, 4.69) is 18.4 Å². The van der Waals surface area contributed by atoms with Gasteiger partial charge in [0, 0.05) is 17.0 Å². The molecule has 0 fully saturated rings. The lowest BCUT2D eigenvalue weighted by atomic mass is 9.90. The van der Waals surface area contributed by atoms with E-state index >= 15 is 0 Å². The van der Waals surface area contributed by atoms with Crippen molar-refractivity contribution in [2.75, 3.05) is 20.8 Å². The zero-order valence-corrected chi connectivity index (χ0v) is 17.8. The molecule has 1 aliphatic heterocycles. The molecule has 3 aromatic rings. The summed E-state index contributed by atoms with van der Waals surface area (Å²) in [6.45, 7) is 2.78. The van der Waals surface area contributed by atoms with Gasteiger partial charge in [-0.3, -0.25) is 4.79 Å². The number of methoxy groups -OCH3 is 2. The van der Waals surface area contributed by atoms with Gasteiger partial charge in [-0.1, -0.05) is 25.1 Å². The fourth-order valence-electron chi connectivity index (χ4n) is 3.97. The molecule has 5 heteroatoms. The van der Waals surface area contributed by atoms with Crippen LogP contribution in [-0.2, 0) is 12.8 Å². The van der Waals surface area contributed by atoms with E-state index in [1.165, 1.54) is 11.1 Å². The lowest BCUT2D eigenvalue weighted by Crippen LogP contribution is -2.40. The normalized spacial score (nSPS) is 15.7. The van der Waals surface area contributed by atoms with E-state index in [0.29, 0.717) is 12.3 Å². The van der Waals surface area contributed by atoms with Crippen LogP contribution in [0.4, 0.5) is 0 Å². The van der Waals surface area contributed by atoms with Crippen LogP contribution < -0.4 is 9.47 Å². The number of carbonyl (C=O) groups excluding carboxylic acids is 1. The van der Waals surface area contributed by atoms with Gasteiger partial charge >= 0.3 is 0 Å². The Morgan fingerprint density at radius 1 is 1.10 bits per heavy atom. The van der Waals surface area contributed by atoms with Crippen molar-refractivity contribution in [3.05, 3.63) is 81.0 Å². The molecule has 0 saturated heterocycles. The Morgan fingerprint density at radius 3 is 2.45 bits per heavy atom. The molecule has 0 N–H and O–H groups in total. The molecule has 0 spiro atoms. The number of hydrogen-bond acceptors (Lipinski definition) is 4. The first-order valence-corrected chi connectivity index (χ1v) is 10.7. The molecule has 0 aliphatic carbocycles. The Morgan fingerprint density at radius 2 is 1.83 bits per heavy atom. The monoisotopic (exact) mass is 407 g/mol. The third-order valence-electron chi connectivity index (χ3n) is 5.56. The lowest BCUT2D eigenvalue weighted by Gasteiger charge is -2.37. The summed E-state index contributed by atoms with van der Waals surface area (Å²) in [5.74, 6) is 1.48. The second kappa shape index (κ2) is 8.29. The molecule has 2 aromatic carbocycles. The molecule has 1 amide bonds. The summed E-state index contributed by atoms with van der Waals surface area (Å²) in [6.07, 6.45) is 1.75. The SMILES string of the molecule is CCc1ccc(C(=O)N2CCc3cc(OC)c(OC)cc3C2c2cccs2)cc1. The first-order valence-electron chi connectivity index (χ1n) is 9.84. The summed E-state index contributed by atoms with van der Waals surface area (Å²) in [6, 6.07) is 16.0. The van der Waals surface area contributed by atoms with Crippen LogP contribution in [0, 0.1) is 0 Å². The Labute approximate surface area is 175 Å². The average Bonchev–Trinajstić information content (AvgIpc) is 3.31. The van der Waals surface area contributed by atoms with Gasteiger partial charge in [0.25, 0.3) is 5.91 Å². The van der Waals surface area contributed by atoms with Crippen molar-refractivity contribution in [3.8, 4) is 11.5 Å². The molecule has 1 aliphatic rings. The van der Waals surface area contributed by atoms with E-state index < -0.39 is 0 Å². The standard InChI is InChI=1S/C24H25NO3S/c1-4-16-7-9-17(10-8-16)24(26)25-12-11-18-14-20(27-2)21(28-3)15-19(18)23(25)22-6-5-13-29-22/h5-10,13-15,23H,4,11-12H2,1-3H3. The van der Waals surface area contributed by atoms with Crippen LogP contribution >= 0.6 is 11.3 Å². The van der Waals surface area contributed by atoms with Crippen molar-refractivity contribution in [1.29, 1.82) is 0 Å². The number of fused-ring (bicyclic) bond motifs is 1. The molecule has 2 heterocycles. The van der Waals surface area contributed by atoms with Gasteiger partial charge < -0.3 is 14.4 Å². The zero-order valence-electron chi connectivity index (χ0n) is 17.0. The number of hydrogen-bond donors (Lipinski definition) is 0. The first-order chi connectivity index (χ1) is 14.2. The van der Waals surface area contributed by atoms with Crippen molar-refractivity contribution in [2.45, 2.75) is 25.8 Å². The van der Waals surface area contributed by atoms with Crippen molar-refractivity contribution in [2.24, 2.45) is 0 Å². The summed E-state index contributed by atoms with van der Waals surface area (Å²) >= 11 is 1.67. The van der Waals surface area contributed by atoms with Gasteiger partial charge in [-0.25, -0.2) is 0 Å². The van der Waals surface area contributed by atoms with Gasteiger partial charge in [0.05, 0.1) is 20.3 Å². The van der Waals surface area contributed by atoms with Crippen LogP contribution in [0.25, 0.3) is 0 Å². The fourth-order valence-corrected chi connectivity index (χ4v) is 4.82. The van der Waals surface area contributed by atoms with Gasteiger partial charge in [-0.15, -0.1) is 11.3 Å². The second-order valence-electron chi connectivity index (χ2n) is 7.12. The molecular formula is C24H25NO3S. The van der Waals surface area contributed by atoms with E-state index in [1.807, 2.05) is 47.4 Å². The Bertz CT molecular complexity index is 996. The van der Waals surface area contributed by atoms with Crippen molar-refractivity contribution in [1.82, 2.24) is 4.90 Å². The molecule has 29 heavy (non-hydrogen) atoms. The maximum Gasteiger partial charge on any atom is 0.254 e. The van der Waals surface area contributed by atoms with Gasteiger partial charge in [0.1, 0.15) is 0 Å². The van der Waals surface area contributed by atoms with Crippen LogP contribution in [0.2, 0.25) is 0 Å². The van der Waals surface area contributed by atoms with Gasteiger partial charge in [-0.05, 0) is 65.2 Å². The minimum Gasteiger partial charge on any atom is -0.493 e. The predicted molar refractivity (Wildman–Crippen MR) is 116 cm³/mol. The molecule has 4 nitrogen and oxygen atoms in total. The Hall–Kier alpha value is -2.79. The van der Waals surface area contributed by atoms with Crippen LogP contribution in [0.15, 0.2) is 53.9 Å². The number of aryl methyl sites for hydroxylation is 1. The Balaban J connectivity index is 1.78. The number of nitrogens with zero attached hydrogens (tertiary/aromatic N) is 1. The quantitative estimate of drug-likeness (QED) is 0.590. The van der Waals surface area contributed by atoms with E-state index in [1.54, 1.807) is 25.6 Å². The van der Waals surface area contributed by atoms with E-state index in [0.717, 1.165) is 34.6 Å². The predicted octanol–water partition coefficient (Wildman–Crippen LogP) is 5.12. The number of carbonyl (C=O) groups is 1. The number of ether oxygens (including phenoxy) is 2. The highest BCUT2D eigenvalue weighted by molar-refractivity contribution is 7.10. The lowest BCUT2D eigenvalue weighted by molar-refractivity contribution is 0.0697. The number of amides is 1. The highest BCUT2D eigenvalue weighted by atomic mass is 32.1. The molecule has 1 unspecified atom stereocenters. The molecule has 0 bridgehead atoms. The maximum absolute atomic E-state index is 13.5. The summed E-state index contributed by atoms with van der Waals surface area (Å²) in [7, 11) is 3.30. The summed E-state index contributed by atoms with van der Waals surface area (Å²) < 4.78 is 11.0. The minimum atomic E-state index is -0.128. The first kappa shape index (κ1) is 19.5. The van der Waals surface area contributed by atoms with Crippen molar-refractivity contribution >= 4 is 17.2 Å². The average molecular weight is 408 g/mol. The van der Waals surface area contributed by atoms with Gasteiger partial charge in [0.2, 0.25) is 0 Å². The van der Waals surface area contributed by atoms with Crippen LogP contribution in [-0.4, -0.2) is 31.6 Å². The number of benzene rings is 2. The second-order valence-corrected chi connectivity index (χ2v) is 8.10. The van der Waals surface area contributed by atoms with Crippen LogP contribution in [0.3, 0.4) is 0 Å². The van der Waals surface area contributed by atoms with E-state index in [9.17, 15) is 4.79 Å². The van der Waals surface area contributed by atoms with Crippen molar-refractivity contribution < 1.29 is 14.3 Å². The number of thiophene rings is 1. The largest absolute Gasteiger partial charge is 0.493 e. The molecule has 1 atom stereocenters. The molecule has 0 saturated carbocycles. The number of rotatable bonds is 5. The van der Waals surface area contributed by atoms with Crippen molar-refractivity contribution in [3.63, 3.8) is 0 Å².